The van der Waals surface area contributed by atoms with Crippen molar-refractivity contribution in [1.82, 2.24) is 9.47 Å². The Labute approximate surface area is 146 Å². The van der Waals surface area contributed by atoms with Gasteiger partial charge in [0.1, 0.15) is 6.04 Å². The average Bonchev–Trinajstić information content (AvgIpc) is 3.13. The maximum Gasteiger partial charge on any atom is 0.320 e. The molecular weight excluding hydrogens is 324 g/mol. The number of hydrogen-bond donors (Lipinski definition) is 1. The molecule has 0 saturated heterocycles. The Morgan fingerprint density at radius 2 is 2.08 bits per heavy atom. The highest BCUT2D eigenvalue weighted by molar-refractivity contribution is 7.09. The van der Waals surface area contributed by atoms with E-state index in [-0.39, 0.29) is 12.3 Å². The summed E-state index contributed by atoms with van der Waals surface area (Å²) in [6.07, 6.45) is 0.942. The number of ketones is 1. The number of carbonyl (C=O) groups excluding carboxylic acids is 1. The number of carbonyl (C=O) groups is 2. The predicted molar refractivity (Wildman–Crippen MR) is 96.0 cm³/mol. The first kappa shape index (κ1) is 18.4. The first-order valence-corrected chi connectivity index (χ1v) is 8.84. The van der Waals surface area contributed by atoms with Crippen LogP contribution >= 0.6 is 11.3 Å². The van der Waals surface area contributed by atoms with Crippen LogP contribution in [0.5, 0.6) is 0 Å². The second kappa shape index (κ2) is 7.77. The van der Waals surface area contributed by atoms with Gasteiger partial charge in [-0.2, -0.15) is 0 Å². The Morgan fingerprint density at radius 3 is 2.67 bits per heavy atom. The van der Waals surface area contributed by atoms with Crippen molar-refractivity contribution in [3.8, 4) is 0 Å². The molecule has 0 aliphatic carbocycles. The van der Waals surface area contributed by atoms with E-state index in [1.807, 2.05) is 26.0 Å². The fourth-order valence-electron chi connectivity index (χ4n) is 2.74. The number of aryl methyl sites for hydroxylation is 2. The minimum atomic E-state index is -0.924. The van der Waals surface area contributed by atoms with Gasteiger partial charge in [-0.15, -0.1) is 11.3 Å². The van der Waals surface area contributed by atoms with Gasteiger partial charge in [-0.05, 0) is 51.8 Å². The summed E-state index contributed by atoms with van der Waals surface area (Å²) in [7, 11) is 1.66. The van der Waals surface area contributed by atoms with Crippen molar-refractivity contribution in [1.29, 1.82) is 0 Å². The fourth-order valence-corrected chi connectivity index (χ4v) is 3.44. The molecule has 0 aromatic carbocycles. The molecule has 0 bridgehead atoms. The maximum atomic E-state index is 12.6. The van der Waals surface area contributed by atoms with Crippen LogP contribution in [0.3, 0.4) is 0 Å². The van der Waals surface area contributed by atoms with E-state index in [1.54, 1.807) is 30.2 Å². The number of carboxylic acid groups (broad SMARTS) is 1. The molecule has 2 heterocycles. The lowest BCUT2D eigenvalue weighted by molar-refractivity contribution is -0.141. The number of rotatable bonds is 8. The second-order valence-electron chi connectivity index (χ2n) is 6.12. The number of Topliss-reactive ketones (excluding diaryl/α,β-unsaturated/α-hetero) is 1. The number of carboxylic acids is 1. The van der Waals surface area contributed by atoms with Gasteiger partial charge >= 0.3 is 5.97 Å². The van der Waals surface area contributed by atoms with Crippen molar-refractivity contribution < 1.29 is 14.7 Å². The van der Waals surface area contributed by atoms with Crippen molar-refractivity contribution >= 4 is 23.1 Å². The minimum Gasteiger partial charge on any atom is -0.480 e. The van der Waals surface area contributed by atoms with E-state index in [9.17, 15) is 9.59 Å². The van der Waals surface area contributed by atoms with Crippen molar-refractivity contribution in [2.75, 3.05) is 13.6 Å². The van der Waals surface area contributed by atoms with Gasteiger partial charge < -0.3 is 9.67 Å². The summed E-state index contributed by atoms with van der Waals surface area (Å²) in [6.45, 7) is 6.48. The largest absolute Gasteiger partial charge is 0.480 e. The molecule has 0 aliphatic rings. The van der Waals surface area contributed by atoms with E-state index in [1.165, 1.54) is 4.88 Å². The van der Waals surface area contributed by atoms with Crippen LogP contribution in [0.2, 0.25) is 0 Å². The van der Waals surface area contributed by atoms with Crippen LogP contribution in [0.25, 0.3) is 0 Å². The van der Waals surface area contributed by atoms with Crippen molar-refractivity contribution in [3.05, 3.63) is 45.4 Å². The zero-order valence-electron chi connectivity index (χ0n) is 14.6. The molecule has 130 valence electrons. The second-order valence-corrected chi connectivity index (χ2v) is 7.15. The SMILES string of the molecule is Cc1cc(C(=O)CN(C)C(C)C(=O)O)c(C)n1CCc1cccs1. The van der Waals surface area contributed by atoms with Crippen LogP contribution in [-0.4, -0.2) is 46.0 Å². The normalized spacial score (nSPS) is 12.5. The molecular formula is C18H24N2O3S. The lowest BCUT2D eigenvalue weighted by Crippen LogP contribution is -2.39. The van der Waals surface area contributed by atoms with Gasteiger partial charge in [0.15, 0.2) is 5.78 Å². The highest BCUT2D eigenvalue weighted by Crippen LogP contribution is 2.18. The molecule has 0 fully saturated rings. The number of likely N-dealkylation sites (N-methyl/N-ethyl adjacent to an activating group) is 1. The van der Waals surface area contributed by atoms with Crippen LogP contribution in [0.4, 0.5) is 0 Å². The third-order valence-corrected chi connectivity index (χ3v) is 5.38. The van der Waals surface area contributed by atoms with Gasteiger partial charge in [-0.1, -0.05) is 6.07 Å². The monoisotopic (exact) mass is 348 g/mol. The third kappa shape index (κ3) is 4.13. The van der Waals surface area contributed by atoms with E-state index < -0.39 is 12.0 Å². The molecule has 1 unspecified atom stereocenters. The van der Waals surface area contributed by atoms with Crippen molar-refractivity contribution in [3.63, 3.8) is 0 Å². The van der Waals surface area contributed by atoms with Crippen LogP contribution < -0.4 is 0 Å². The van der Waals surface area contributed by atoms with Gasteiger partial charge in [0.25, 0.3) is 0 Å². The van der Waals surface area contributed by atoms with E-state index in [4.69, 9.17) is 5.11 Å². The van der Waals surface area contributed by atoms with Gasteiger partial charge in [0.05, 0.1) is 6.54 Å². The molecule has 2 rings (SSSR count). The molecule has 0 spiro atoms. The van der Waals surface area contributed by atoms with Crippen molar-refractivity contribution in [2.45, 2.75) is 39.8 Å². The van der Waals surface area contributed by atoms with Crippen LogP contribution in [0, 0.1) is 13.8 Å². The first-order chi connectivity index (χ1) is 11.3. The molecule has 24 heavy (non-hydrogen) atoms. The number of thiophene rings is 1. The van der Waals surface area contributed by atoms with Crippen LogP contribution in [0.15, 0.2) is 23.6 Å². The van der Waals surface area contributed by atoms with Gasteiger partial charge in [-0.3, -0.25) is 14.5 Å². The highest BCUT2D eigenvalue weighted by Gasteiger charge is 2.22. The summed E-state index contributed by atoms with van der Waals surface area (Å²) in [6, 6.07) is 5.39. The summed E-state index contributed by atoms with van der Waals surface area (Å²) >= 11 is 1.74. The van der Waals surface area contributed by atoms with E-state index >= 15 is 0 Å². The Kier molecular flexibility index (Phi) is 5.96. The summed E-state index contributed by atoms with van der Waals surface area (Å²) in [5.74, 6) is -0.965. The molecule has 1 atom stereocenters. The maximum absolute atomic E-state index is 12.6. The van der Waals surface area contributed by atoms with Gasteiger partial charge in [0.2, 0.25) is 0 Å². The number of nitrogens with zero attached hydrogens (tertiary/aromatic N) is 2. The van der Waals surface area contributed by atoms with Gasteiger partial charge in [-0.25, -0.2) is 0 Å². The fraction of sp³-hybridized carbons (Fsp3) is 0.444. The Morgan fingerprint density at radius 1 is 1.38 bits per heavy atom. The molecule has 2 aromatic rings. The van der Waals surface area contributed by atoms with Gasteiger partial charge in [0, 0.05) is 28.4 Å². The summed E-state index contributed by atoms with van der Waals surface area (Å²) < 4.78 is 2.16. The minimum absolute atomic E-state index is 0.0407. The summed E-state index contributed by atoms with van der Waals surface area (Å²) in [4.78, 5) is 26.5. The Balaban J connectivity index is 2.09. The number of hydrogen-bond acceptors (Lipinski definition) is 4. The topological polar surface area (TPSA) is 62.5 Å². The smallest absolute Gasteiger partial charge is 0.320 e. The molecule has 0 aliphatic heterocycles. The molecule has 5 nitrogen and oxygen atoms in total. The first-order valence-electron chi connectivity index (χ1n) is 7.96. The van der Waals surface area contributed by atoms with Crippen molar-refractivity contribution in [2.24, 2.45) is 0 Å². The zero-order valence-corrected chi connectivity index (χ0v) is 15.4. The zero-order chi connectivity index (χ0) is 17.9. The quantitative estimate of drug-likeness (QED) is 0.745. The lowest BCUT2D eigenvalue weighted by Gasteiger charge is -2.20. The molecule has 6 heteroatoms. The number of aliphatic carboxylic acids is 1. The third-order valence-electron chi connectivity index (χ3n) is 4.45. The Bertz CT molecular complexity index is 719. The van der Waals surface area contributed by atoms with Crippen LogP contribution in [-0.2, 0) is 17.8 Å². The molecule has 0 radical (unpaired) electrons. The molecule has 0 amide bonds. The summed E-state index contributed by atoms with van der Waals surface area (Å²) in [5.41, 5.74) is 2.69. The molecule has 2 aromatic heterocycles. The van der Waals surface area contributed by atoms with Crippen LogP contribution in [0.1, 0.15) is 33.5 Å². The van der Waals surface area contributed by atoms with E-state index in [2.05, 4.69) is 16.0 Å². The standard InChI is InChI=1S/C18H24N2O3S/c1-12-10-16(17(21)11-19(4)14(3)18(22)23)13(2)20(12)8-7-15-6-5-9-24-15/h5-6,9-10,14H,7-8,11H2,1-4H3,(H,22,23). The Hall–Kier alpha value is -1.92. The molecule has 1 N–H and O–H groups in total. The van der Waals surface area contributed by atoms with E-state index in [0.717, 1.165) is 24.4 Å². The number of aromatic nitrogens is 1. The lowest BCUT2D eigenvalue weighted by atomic mass is 10.1. The molecule has 0 saturated carbocycles. The average molecular weight is 348 g/mol. The highest BCUT2D eigenvalue weighted by atomic mass is 32.1. The predicted octanol–water partition coefficient (Wildman–Crippen LogP) is 3.00. The summed E-state index contributed by atoms with van der Waals surface area (Å²) in [5, 5.41) is 11.1. The van der Waals surface area contributed by atoms with E-state index in [0.29, 0.717) is 5.56 Å².